The average Bonchev–Trinajstić information content (AvgIpc) is 2.49. The molecule has 0 aromatic carbocycles. The number of hydrogen-bond donors (Lipinski definition) is 0. The number of hydrogen-bond acceptors (Lipinski definition) is 0. The predicted octanol–water partition coefficient (Wildman–Crippen LogP) is 6.41. The minimum Gasteiger partial charge on any atom is -0.0928 e. The van der Waals surface area contributed by atoms with Crippen LogP contribution in [0.25, 0.3) is 0 Å². The fraction of sp³-hybridized carbons (Fsp3) is 1.00. The third kappa shape index (κ3) is 5.48. The lowest BCUT2D eigenvalue weighted by molar-refractivity contribution is 0.184. The van der Waals surface area contributed by atoms with Gasteiger partial charge in [0.2, 0.25) is 0 Å². The van der Waals surface area contributed by atoms with Crippen molar-refractivity contribution in [2.75, 3.05) is 5.33 Å². The number of unbranched alkanes of at least 4 members (excludes halogenated alkanes) is 1. The summed E-state index contributed by atoms with van der Waals surface area (Å²) in [7, 11) is -0.255. The molecular formula is C18H35BrSi. The molecule has 1 saturated carbocycles. The van der Waals surface area contributed by atoms with Gasteiger partial charge in [-0.05, 0) is 37.0 Å². The molecule has 0 N–H and O–H groups in total. The summed E-state index contributed by atoms with van der Waals surface area (Å²) in [6.45, 7) is 2.38. The Hall–Kier alpha value is 0.697. The molecule has 0 amide bonds. The monoisotopic (exact) mass is 358 g/mol. The van der Waals surface area contributed by atoms with Gasteiger partial charge in [-0.25, -0.2) is 0 Å². The first-order chi connectivity index (χ1) is 9.83. The fourth-order valence-corrected chi connectivity index (χ4v) is 8.71. The van der Waals surface area contributed by atoms with Crippen LogP contribution < -0.4 is 0 Å². The molecule has 1 heterocycles. The second-order valence-electron chi connectivity index (χ2n) is 7.54. The van der Waals surface area contributed by atoms with Crippen LogP contribution in [0, 0.1) is 17.8 Å². The summed E-state index contributed by atoms with van der Waals surface area (Å²) in [5.74, 6) is 3.34. The van der Waals surface area contributed by atoms with Gasteiger partial charge in [-0.3, -0.25) is 0 Å². The topological polar surface area (TPSA) is 0 Å². The van der Waals surface area contributed by atoms with E-state index in [1.807, 2.05) is 0 Å². The highest BCUT2D eigenvalue weighted by atomic mass is 79.9. The van der Waals surface area contributed by atoms with Gasteiger partial charge in [-0.15, -0.1) is 0 Å². The van der Waals surface area contributed by atoms with E-state index >= 15 is 0 Å². The van der Waals surface area contributed by atoms with Crippen molar-refractivity contribution >= 4 is 24.7 Å². The first-order valence-corrected chi connectivity index (χ1v) is 13.0. The van der Waals surface area contributed by atoms with Gasteiger partial charge < -0.3 is 0 Å². The van der Waals surface area contributed by atoms with Gasteiger partial charge >= 0.3 is 0 Å². The molecular weight excluding hydrogens is 324 g/mol. The van der Waals surface area contributed by atoms with E-state index in [1.165, 1.54) is 31.0 Å². The number of halogens is 1. The SMILES string of the molecule is CCC[SiH]1CCC(C2CCC(CCCCBr)CC2)CC1. The summed E-state index contributed by atoms with van der Waals surface area (Å²) in [6.07, 6.45) is 15.3. The summed E-state index contributed by atoms with van der Waals surface area (Å²) in [5, 5.41) is 1.20. The van der Waals surface area contributed by atoms with Crippen molar-refractivity contribution in [2.24, 2.45) is 17.8 Å². The van der Waals surface area contributed by atoms with Crippen molar-refractivity contribution in [3.63, 3.8) is 0 Å². The van der Waals surface area contributed by atoms with Crippen molar-refractivity contribution in [2.45, 2.75) is 89.3 Å². The van der Waals surface area contributed by atoms with Crippen LogP contribution >= 0.6 is 15.9 Å². The zero-order valence-electron chi connectivity index (χ0n) is 13.6. The molecule has 0 spiro atoms. The van der Waals surface area contributed by atoms with Crippen molar-refractivity contribution < 1.29 is 0 Å². The summed E-state index contributed by atoms with van der Waals surface area (Å²) in [5.41, 5.74) is 0. The van der Waals surface area contributed by atoms with E-state index in [-0.39, 0.29) is 8.80 Å². The van der Waals surface area contributed by atoms with Crippen LogP contribution in [0.15, 0.2) is 0 Å². The van der Waals surface area contributed by atoms with Gasteiger partial charge in [0, 0.05) is 14.1 Å². The molecule has 0 radical (unpaired) electrons. The van der Waals surface area contributed by atoms with E-state index in [2.05, 4.69) is 22.9 Å². The van der Waals surface area contributed by atoms with E-state index in [0.29, 0.717) is 0 Å². The largest absolute Gasteiger partial charge is 0.0928 e. The van der Waals surface area contributed by atoms with Crippen LogP contribution in [0.1, 0.15) is 71.1 Å². The van der Waals surface area contributed by atoms with Gasteiger partial charge in [-0.1, -0.05) is 85.9 Å². The van der Waals surface area contributed by atoms with E-state index in [0.717, 1.165) is 17.8 Å². The van der Waals surface area contributed by atoms with Gasteiger partial charge in [-0.2, -0.15) is 0 Å². The molecule has 1 aliphatic heterocycles. The lowest BCUT2D eigenvalue weighted by atomic mass is 9.73. The Balaban J connectivity index is 1.62. The Labute approximate surface area is 137 Å². The Bertz CT molecular complexity index is 240. The highest BCUT2D eigenvalue weighted by Gasteiger charge is 2.30. The van der Waals surface area contributed by atoms with Crippen LogP contribution in [0.5, 0.6) is 0 Å². The highest BCUT2D eigenvalue weighted by Crippen LogP contribution is 2.41. The zero-order chi connectivity index (χ0) is 14.2. The number of alkyl halides is 1. The second kappa shape index (κ2) is 9.66. The summed E-state index contributed by atoms with van der Waals surface area (Å²) < 4.78 is 0. The lowest BCUT2D eigenvalue weighted by Crippen LogP contribution is -2.28. The second-order valence-corrected chi connectivity index (χ2v) is 11.8. The Morgan fingerprint density at radius 2 is 1.55 bits per heavy atom. The summed E-state index contributed by atoms with van der Waals surface area (Å²) >= 11 is 3.56. The normalized spacial score (nSPS) is 35.1. The average molecular weight is 359 g/mol. The molecule has 0 bridgehead atoms. The van der Waals surface area contributed by atoms with E-state index in [1.54, 1.807) is 56.7 Å². The van der Waals surface area contributed by atoms with Crippen LogP contribution in [0.2, 0.25) is 18.1 Å². The first kappa shape index (κ1) is 17.1. The molecule has 118 valence electrons. The maximum Gasteiger partial charge on any atom is 0.0367 e. The maximum absolute atomic E-state index is 3.56. The molecule has 2 heteroatoms. The van der Waals surface area contributed by atoms with Crippen LogP contribution in [-0.2, 0) is 0 Å². The standard InChI is InChI=1S/C18H35BrSi/c1-2-13-20-14-10-18(11-15-20)17-8-6-16(7-9-17)5-3-4-12-19/h16-18,20H,2-15H2,1H3. The third-order valence-corrected chi connectivity index (χ3v) is 10.4. The zero-order valence-corrected chi connectivity index (χ0v) is 16.3. The molecule has 1 aliphatic carbocycles. The summed E-state index contributed by atoms with van der Waals surface area (Å²) in [6, 6.07) is 5.00. The molecule has 2 rings (SSSR count). The van der Waals surface area contributed by atoms with E-state index in [9.17, 15) is 0 Å². The highest BCUT2D eigenvalue weighted by molar-refractivity contribution is 9.09. The fourth-order valence-electron chi connectivity index (χ4n) is 4.83. The molecule has 0 atom stereocenters. The first-order valence-electron chi connectivity index (χ1n) is 9.39. The number of rotatable bonds is 7. The van der Waals surface area contributed by atoms with Crippen LogP contribution in [0.3, 0.4) is 0 Å². The smallest absolute Gasteiger partial charge is 0.0367 e. The Morgan fingerprint density at radius 3 is 2.15 bits per heavy atom. The molecule has 2 aliphatic rings. The van der Waals surface area contributed by atoms with Gasteiger partial charge in [0.1, 0.15) is 0 Å². The molecule has 0 aromatic heterocycles. The quantitative estimate of drug-likeness (QED) is 0.280. The van der Waals surface area contributed by atoms with Crippen molar-refractivity contribution in [3.05, 3.63) is 0 Å². The van der Waals surface area contributed by atoms with Crippen molar-refractivity contribution in [1.82, 2.24) is 0 Å². The Kier molecular flexibility index (Phi) is 8.24. The lowest BCUT2D eigenvalue weighted by Gasteiger charge is -2.37. The van der Waals surface area contributed by atoms with E-state index < -0.39 is 0 Å². The molecule has 0 unspecified atom stereocenters. The maximum atomic E-state index is 3.56. The van der Waals surface area contributed by atoms with Crippen LogP contribution in [-0.4, -0.2) is 14.1 Å². The Morgan fingerprint density at radius 1 is 0.900 bits per heavy atom. The minimum atomic E-state index is -0.255. The third-order valence-electron chi connectivity index (χ3n) is 6.14. The van der Waals surface area contributed by atoms with Gasteiger partial charge in [0.15, 0.2) is 0 Å². The minimum absolute atomic E-state index is 0.255. The van der Waals surface area contributed by atoms with Crippen molar-refractivity contribution in [3.8, 4) is 0 Å². The molecule has 0 aromatic rings. The molecule has 2 fully saturated rings. The van der Waals surface area contributed by atoms with Gasteiger partial charge in [0.25, 0.3) is 0 Å². The molecule has 20 heavy (non-hydrogen) atoms. The van der Waals surface area contributed by atoms with Crippen LogP contribution in [0.4, 0.5) is 0 Å². The van der Waals surface area contributed by atoms with Gasteiger partial charge in [0.05, 0.1) is 0 Å². The molecule has 0 nitrogen and oxygen atoms in total. The summed E-state index contributed by atoms with van der Waals surface area (Å²) in [4.78, 5) is 0. The molecule has 1 saturated heterocycles. The van der Waals surface area contributed by atoms with E-state index in [4.69, 9.17) is 0 Å². The van der Waals surface area contributed by atoms with Crippen molar-refractivity contribution in [1.29, 1.82) is 0 Å². The predicted molar refractivity (Wildman–Crippen MR) is 97.7 cm³/mol.